The molecule has 0 aromatic heterocycles. The monoisotopic (exact) mass is 212 g/mol. The molecule has 1 amide bonds. The molecule has 0 aromatic carbocycles. The van der Waals surface area contributed by atoms with E-state index in [1.807, 2.05) is 13.8 Å². The van der Waals surface area contributed by atoms with Crippen molar-refractivity contribution < 1.29 is 4.79 Å². The van der Waals surface area contributed by atoms with Crippen LogP contribution in [0, 0.1) is 0 Å². The van der Waals surface area contributed by atoms with Gasteiger partial charge >= 0.3 is 0 Å². The highest BCUT2D eigenvalue weighted by atomic mass is 16.1. The van der Waals surface area contributed by atoms with Crippen LogP contribution in [-0.4, -0.2) is 37.5 Å². The summed E-state index contributed by atoms with van der Waals surface area (Å²) in [5.41, 5.74) is 0. The molecule has 1 aliphatic heterocycles. The van der Waals surface area contributed by atoms with Crippen molar-refractivity contribution in [2.75, 3.05) is 19.6 Å². The van der Waals surface area contributed by atoms with Gasteiger partial charge in [0.15, 0.2) is 5.96 Å². The largest absolute Gasteiger partial charge is 0.356 e. The van der Waals surface area contributed by atoms with Crippen molar-refractivity contribution in [1.82, 2.24) is 16.0 Å². The maximum absolute atomic E-state index is 11.3. The summed E-state index contributed by atoms with van der Waals surface area (Å²) in [5, 5.41) is 9.09. The summed E-state index contributed by atoms with van der Waals surface area (Å²) in [7, 11) is 0. The molecule has 1 aliphatic rings. The Morgan fingerprint density at radius 2 is 2.40 bits per heavy atom. The molecule has 0 radical (unpaired) electrons. The Morgan fingerprint density at radius 1 is 1.60 bits per heavy atom. The zero-order valence-electron chi connectivity index (χ0n) is 9.47. The highest BCUT2D eigenvalue weighted by molar-refractivity contribution is 5.81. The third kappa shape index (κ3) is 5.24. The Hall–Kier alpha value is -1.26. The first kappa shape index (κ1) is 11.8. The number of hydrogen-bond acceptors (Lipinski definition) is 4. The molecule has 15 heavy (non-hydrogen) atoms. The van der Waals surface area contributed by atoms with Crippen LogP contribution in [0.4, 0.5) is 0 Å². The van der Waals surface area contributed by atoms with Gasteiger partial charge in [0.05, 0.1) is 0 Å². The second-order valence-electron chi connectivity index (χ2n) is 3.91. The van der Waals surface area contributed by atoms with E-state index >= 15 is 0 Å². The van der Waals surface area contributed by atoms with Crippen molar-refractivity contribution in [2.45, 2.75) is 32.7 Å². The molecule has 5 heteroatoms. The van der Waals surface area contributed by atoms with Gasteiger partial charge in [-0.3, -0.25) is 9.79 Å². The minimum absolute atomic E-state index is 0.0777. The van der Waals surface area contributed by atoms with E-state index in [-0.39, 0.29) is 11.9 Å². The number of amides is 1. The van der Waals surface area contributed by atoms with Crippen molar-refractivity contribution in [3.05, 3.63) is 0 Å². The Balaban J connectivity index is 2.10. The maximum Gasteiger partial charge on any atom is 0.221 e. The van der Waals surface area contributed by atoms with Crippen LogP contribution < -0.4 is 16.0 Å². The number of nitrogens with one attached hydrogen (secondary N) is 3. The Labute approximate surface area is 90.7 Å². The molecule has 0 aromatic rings. The number of carbonyl (C=O) groups excluding carboxylic acids is 1. The van der Waals surface area contributed by atoms with Gasteiger partial charge in [0.2, 0.25) is 5.91 Å². The molecular weight excluding hydrogens is 192 g/mol. The van der Waals surface area contributed by atoms with Crippen molar-refractivity contribution in [3.63, 3.8) is 0 Å². The van der Waals surface area contributed by atoms with E-state index < -0.39 is 0 Å². The normalized spacial score (nSPS) is 15.5. The zero-order chi connectivity index (χ0) is 11.1. The first-order valence-corrected chi connectivity index (χ1v) is 5.50. The number of aliphatic imine (C=N–C) groups is 1. The van der Waals surface area contributed by atoms with Gasteiger partial charge in [0, 0.05) is 32.1 Å². The molecule has 0 spiro atoms. The van der Waals surface area contributed by atoms with Gasteiger partial charge in [-0.05, 0) is 20.3 Å². The first-order chi connectivity index (χ1) is 7.18. The highest BCUT2D eigenvalue weighted by Gasteiger charge is 2.05. The third-order valence-electron chi connectivity index (χ3n) is 1.99. The molecule has 0 saturated heterocycles. The van der Waals surface area contributed by atoms with E-state index in [2.05, 4.69) is 20.9 Å². The quantitative estimate of drug-likeness (QED) is 0.606. The number of hydrogen-bond donors (Lipinski definition) is 3. The molecule has 5 nitrogen and oxygen atoms in total. The van der Waals surface area contributed by atoms with Gasteiger partial charge in [-0.15, -0.1) is 0 Å². The van der Waals surface area contributed by atoms with E-state index in [4.69, 9.17) is 0 Å². The van der Waals surface area contributed by atoms with E-state index in [0.717, 1.165) is 25.5 Å². The lowest BCUT2D eigenvalue weighted by Crippen LogP contribution is -2.42. The molecule has 0 bridgehead atoms. The average Bonchev–Trinajstić information content (AvgIpc) is 2.18. The van der Waals surface area contributed by atoms with Crippen molar-refractivity contribution in [3.8, 4) is 0 Å². The van der Waals surface area contributed by atoms with Crippen LogP contribution in [0.2, 0.25) is 0 Å². The predicted molar refractivity (Wildman–Crippen MR) is 60.8 cm³/mol. The van der Waals surface area contributed by atoms with Crippen LogP contribution in [0.25, 0.3) is 0 Å². The molecule has 0 atom stereocenters. The van der Waals surface area contributed by atoms with Crippen LogP contribution in [0.3, 0.4) is 0 Å². The van der Waals surface area contributed by atoms with Gasteiger partial charge in [-0.25, -0.2) is 0 Å². The second-order valence-corrected chi connectivity index (χ2v) is 3.91. The van der Waals surface area contributed by atoms with E-state index in [0.29, 0.717) is 13.0 Å². The van der Waals surface area contributed by atoms with Crippen LogP contribution in [0.1, 0.15) is 26.7 Å². The summed E-state index contributed by atoms with van der Waals surface area (Å²) in [6.45, 7) is 6.37. The molecule has 0 fully saturated rings. The standard InChI is InChI=1S/C10H20N4O/c1-8(2)14-9(15)4-7-13-10-11-5-3-6-12-10/h8H,3-7H2,1-2H3,(H,14,15)(H2,11,12,13). The second kappa shape index (κ2) is 6.27. The van der Waals surface area contributed by atoms with E-state index in [1.54, 1.807) is 0 Å². The smallest absolute Gasteiger partial charge is 0.221 e. The molecule has 3 N–H and O–H groups in total. The fraction of sp³-hybridized carbons (Fsp3) is 0.800. The Bertz CT molecular complexity index is 238. The van der Waals surface area contributed by atoms with Crippen LogP contribution in [0.5, 0.6) is 0 Å². The lowest BCUT2D eigenvalue weighted by molar-refractivity contribution is -0.121. The fourth-order valence-corrected chi connectivity index (χ4v) is 1.34. The van der Waals surface area contributed by atoms with Crippen LogP contribution in [0.15, 0.2) is 4.99 Å². The van der Waals surface area contributed by atoms with Crippen molar-refractivity contribution in [2.24, 2.45) is 4.99 Å². The summed E-state index contributed by atoms with van der Waals surface area (Å²) in [6.07, 6.45) is 1.57. The molecule has 0 unspecified atom stereocenters. The van der Waals surface area contributed by atoms with E-state index in [1.165, 1.54) is 0 Å². The minimum Gasteiger partial charge on any atom is -0.356 e. The van der Waals surface area contributed by atoms with Crippen molar-refractivity contribution >= 4 is 11.9 Å². The minimum atomic E-state index is 0.0777. The van der Waals surface area contributed by atoms with Crippen molar-refractivity contribution in [1.29, 1.82) is 0 Å². The number of guanidine groups is 1. The van der Waals surface area contributed by atoms with Gasteiger partial charge in [0.1, 0.15) is 0 Å². The van der Waals surface area contributed by atoms with Gasteiger partial charge < -0.3 is 16.0 Å². The summed E-state index contributed by atoms with van der Waals surface area (Å²) in [5.74, 6) is 0.896. The van der Waals surface area contributed by atoms with E-state index in [9.17, 15) is 4.79 Å². The fourth-order valence-electron chi connectivity index (χ4n) is 1.34. The van der Waals surface area contributed by atoms with Gasteiger partial charge in [-0.1, -0.05) is 0 Å². The molecular formula is C10H20N4O. The zero-order valence-corrected chi connectivity index (χ0v) is 9.47. The third-order valence-corrected chi connectivity index (χ3v) is 1.99. The molecule has 0 saturated carbocycles. The Morgan fingerprint density at radius 3 is 3.00 bits per heavy atom. The molecule has 86 valence electrons. The summed E-state index contributed by atoms with van der Waals surface area (Å²) < 4.78 is 0. The Kier molecular flexibility index (Phi) is 4.93. The summed E-state index contributed by atoms with van der Waals surface area (Å²) >= 11 is 0. The number of rotatable bonds is 4. The summed E-state index contributed by atoms with van der Waals surface area (Å²) in [4.78, 5) is 15.5. The summed E-state index contributed by atoms with van der Waals surface area (Å²) in [6, 6.07) is 0.211. The SMILES string of the molecule is CC(C)NC(=O)CCNC1=NCCCN1. The molecule has 0 aliphatic carbocycles. The molecule has 1 rings (SSSR count). The predicted octanol–water partition coefficient (Wildman–Crippen LogP) is -0.160. The van der Waals surface area contributed by atoms with Gasteiger partial charge in [-0.2, -0.15) is 0 Å². The van der Waals surface area contributed by atoms with Crippen LogP contribution in [-0.2, 0) is 4.79 Å². The topological polar surface area (TPSA) is 65.5 Å². The number of nitrogens with zero attached hydrogens (tertiary/aromatic N) is 1. The van der Waals surface area contributed by atoms with Gasteiger partial charge in [0.25, 0.3) is 0 Å². The highest BCUT2D eigenvalue weighted by Crippen LogP contribution is 1.88. The maximum atomic E-state index is 11.3. The number of carbonyl (C=O) groups is 1. The lowest BCUT2D eigenvalue weighted by Gasteiger charge is -2.16. The molecule has 1 heterocycles. The average molecular weight is 212 g/mol. The first-order valence-electron chi connectivity index (χ1n) is 5.50. The van der Waals surface area contributed by atoms with Crippen LogP contribution >= 0.6 is 0 Å². The lowest BCUT2D eigenvalue weighted by atomic mass is 10.3.